The van der Waals surface area contributed by atoms with E-state index < -0.39 is 17.4 Å². The SMILES string of the molecule is Cn1c(=O)oc(=O)c2ccc(C(=O)N3CCC[C@H]3C(=O)NCCOCCOCCOCCNCc3c[nH]c4nc(N)[nH]c(=O)c34)cc21. The normalized spacial score (nSPS) is 14.7. The van der Waals surface area contributed by atoms with E-state index in [0.29, 0.717) is 76.5 Å². The Balaban J connectivity index is 0.914. The second kappa shape index (κ2) is 15.6. The number of nitrogen functional groups attached to an aromatic ring is 1. The number of H-pyrrole nitrogens is 2. The molecule has 17 heteroatoms. The second-order valence-electron chi connectivity index (χ2n) is 10.9. The number of ether oxygens (including phenoxy) is 3. The number of carbonyl (C=O) groups is 2. The molecule has 0 saturated carbocycles. The number of hydrogen-bond acceptors (Lipinski definition) is 12. The smallest absolute Gasteiger partial charge is 0.378 e. The Kier molecular flexibility index (Phi) is 11.2. The van der Waals surface area contributed by atoms with Crippen LogP contribution in [-0.4, -0.2) is 102 Å². The van der Waals surface area contributed by atoms with Crippen LogP contribution in [0.1, 0.15) is 28.8 Å². The van der Waals surface area contributed by atoms with Crippen LogP contribution in [0, 0.1) is 0 Å². The minimum Gasteiger partial charge on any atom is -0.378 e. The Morgan fingerprint density at radius 3 is 2.55 bits per heavy atom. The minimum absolute atomic E-state index is 0.0642. The van der Waals surface area contributed by atoms with Gasteiger partial charge in [-0.2, -0.15) is 4.98 Å². The highest BCUT2D eigenvalue weighted by Crippen LogP contribution is 2.22. The van der Waals surface area contributed by atoms with Gasteiger partial charge >= 0.3 is 11.4 Å². The van der Waals surface area contributed by atoms with Crippen molar-refractivity contribution in [2.75, 3.05) is 65.0 Å². The molecule has 2 amide bonds. The Hall–Kier alpha value is -4.84. The van der Waals surface area contributed by atoms with Crippen molar-refractivity contribution in [1.82, 2.24) is 35.1 Å². The van der Waals surface area contributed by atoms with Gasteiger partial charge in [-0.1, -0.05) is 0 Å². The number of anilines is 1. The summed E-state index contributed by atoms with van der Waals surface area (Å²) in [5.41, 5.74) is 6.30. The summed E-state index contributed by atoms with van der Waals surface area (Å²) in [6.45, 7) is 4.03. The van der Waals surface area contributed by atoms with E-state index in [4.69, 9.17) is 19.9 Å². The number of carbonyl (C=O) groups excluding carboxylic acids is 2. The standard InChI is InChI=1S/C30H38N8O9/c1-37-22-15-18(4-5-20(22)28(42)47-30(37)43)27(41)38-8-2-3-21(38)25(39)33-7-10-45-12-14-46-13-11-44-9-6-32-16-19-17-34-24-23(19)26(40)36-29(31)35-24/h4-5,15,17,21,32H,2-3,6-14,16H2,1H3,(H,33,39)(H4,31,34,35,36,40)/t21-/m0/s1. The zero-order valence-electron chi connectivity index (χ0n) is 26.0. The number of fused-ring (bicyclic) bond motifs is 2. The first-order valence-electron chi connectivity index (χ1n) is 15.3. The van der Waals surface area contributed by atoms with Gasteiger partial charge in [-0.3, -0.25) is 23.9 Å². The Bertz CT molecular complexity index is 1900. The first kappa shape index (κ1) is 33.5. The summed E-state index contributed by atoms with van der Waals surface area (Å²) in [7, 11) is 1.45. The maximum atomic E-state index is 13.3. The third-order valence-electron chi connectivity index (χ3n) is 7.77. The number of nitrogens with zero attached hydrogens (tertiary/aromatic N) is 3. The highest BCUT2D eigenvalue weighted by molar-refractivity contribution is 6.00. The fraction of sp³-hybridized carbons (Fsp3) is 0.467. The summed E-state index contributed by atoms with van der Waals surface area (Å²) in [6, 6.07) is 3.78. The van der Waals surface area contributed by atoms with Gasteiger partial charge in [0.25, 0.3) is 11.5 Å². The molecule has 1 atom stereocenters. The lowest BCUT2D eigenvalue weighted by atomic mass is 10.1. The topological polar surface area (TPSA) is 229 Å². The predicted octanol–water partition coefficient (Wildman–Crippen LogP) is -0.801. The second-order valence-corrected chi connectivity index (χ2v) is 10.9. The van der Waals surface area contributed by atoms with Crippen molar-refractivity contribution in [3.8, 4) is 0 Å². The van der Waals surface area contributed by atoms with E-state index in [-0.39, 0.29) is 52.9 Å². The van der Waals surface area contributed by atoms with Crippen LogP contribution in [0.2, 0.25) is 0 Å². The number of aromatic nitrogens is 4. The molecule has 1 aromatic carbocycles. The molecule has 0 unspecified atom stereocenters. The van der Waals surface area contributed by atoms with Crippen molar-refractivity contribution in [1.29, 1.82) is 0 Å². The highest BCUT2D eigenvalue weighted by Gasteiger charge is 2.34. The van der Waals surface area contributed by atoms with E-state index >= 15 is 0 Å². The van der Waals surface area contributed by atoms with Gasteiger partial charge in [-0.05, 0) is 36.6 Å². The number of benzene rings is 1. The molecule has 4 heterocycles. The lowest BCUT2D eigenvalue weighted by Gasteiger charge is -2.24. The molecule has 0 bridgehead atoms. The van der Waals surface area contributed by atoms with Gasteiger partial charge in [0.05, 0.1) is 55.9 Å². The molecule has 1 fully saturated rings. The van der Waals surface area contributed by atoms with Gasteiger partial charge < -0.3 is 44.9 Å². The van der Waals surface area contributed by atoms with Crippen LogP contribution in [0.4, 0.5) is 5.95 Å². The van der Waals surface area contributed by atoms with Crippen molar-refractivity contribution in [3.63, 3.8) is 0 Å². The van der Waals surface area contributed by atoms with E-state index in [0.717, 1.165) is 10.1 Å². The lowest BCUT2D eigenvalue weighted by Crippen LogP contribution is -2.46. The average molecular weight is 655 g/mol. The van der Waals surface area contributed by atoms with Gasteiger partial charge in [0, 0.05) is 45.0 Å². The molecule has 1 saturated heterocycles. The van der Waals surface area contributed by atoms with Crippen LogP contribution in [0.15, 0.2) is 43.2 Å². The highest BCUT2D eigenvalue weighted by atomic mass is 16.5. The molecule has 6 N–H and O–H groups in total. The van der Waals surface area contributed by atoms with Crippen molar-refractivity contribution < 1.29 is 28.2 Å². The molecular formula is C30H38N8O9. The average Bonchev–Trinajstić information content (AvgIpc) is 3.71. The first-order valence-corrected chi connectivity index (χ1v) is 15.3. The number of amides is 2. The van der Waals surface area contributed by atoms with Crippen molar-refractivity contribution in [2.45, 2.75) is 25.4 Å². The third kappa shape index (κ3) is 8.12. The zero-order valence-corrected chi connectivity index (χ0v) is 26.0. The number of aryl methyl sites for hydroxylation is 1. The molecule has 0 aliphatic carbocycles. The van der Waals surface area contributed by atoms with Gasteiger partial charge in [0.15, 0.2) is 0 Å². The van der Waals surface area contributed by atoms with Crippen molar-refractivity contribution in [2.24, 2.45) is 7.05 Å². The number of nitrogens with two attached hydrogens (primary N) is 1. The largest absolute Gasteiger partial charge is 0.422 e. The Morgan fingerprint density at radius 1 is 1.06 bits per heavy atom. The summed E-state index contributed by atoms with van der Waals surface area (Å²) in [5, 5.41) is 6.70. The molecule has 1 aliphatic rings. The zero-order chi connectivity index (χ0) is 33.3. The van der Waals surface area contributed by atoms with Crippen LogP contribution in [-0.2, 0) is 32.6 Å². The summed E-state index contributed by atoms with van der Waals surface area (Å²) in [4.78, 5) is 73.1. The van der Waals surface area contributed by atoms with Gasteiger partial charge in [-0.15, -0.1) is 0 Å². The molecule has 1 aliphatic heterocycles. The number of hydrogen-bond donors (Lipinski definition) is 5. The summed E-state index contributed by atoms with van der Waals surface area (Å²) in [6.07, 6.45) is 2.93. The van der Waals surface area contributed by atoms with Crippen molar-refractivity contribution in [3.05, 3.63) is 66.8 Å². The van der Waals surface area contributed by atoms with E-state index in [2.05, 4.69) is 30.0 Å². The summed E-state index contributed by atoms with van der Waals surface area (Å²) < 4.78 is 22.4. The molecule has 47 heavy (non-hydrogen) atoms. The number of rotatable bonds is 16. The van der Waals surface area contributed by atoms with E-state index in [1.807, 2.05) is 0 Å². The number of likely N-dealkylation sites (tertiary alicyclic amines) is 1. The molecule has 17 nitrogen and oxygen atoms in total. The molecule has 252 valence electrons. The molecule has 3 aromatic heterocycles. The van der Waals surface area contributed by atoms with Crippen LogP contribution in [0.3, 0.4) is 0 Å². The van der Waals surface area contributed by atoms with Crippen LogP contribution in [0.25, 0.3) is 21.9 Å². The predicted molar refractivity (Wildman–Crippen MR) is 170 cm³/mol. The van der Waals surface area contributed by atoms with Crippen molar-refractivity contribution >= 4 is 39.7 Å². The Labute approximate surface area is 267 Å². The molecule has 5 rings (SSSR count). The van der Waals surface area contributed by atoms with E-state index in [9.17, 15) is 24.0 Å². The maximum absolute atomic E-state index is 13.3. The quantitative estimate of drug-likeness (QED) is 0.0936. The summed E-state index contributed by atoms with van der Waals surface area (Å²) in [5.74, 6) is -1.38. The fourth-order valence-corrected chi connectivity index (χ4v) is 5.40. The maximum Gasteiger partial charge on any atom is 0.422 e. The van der Waals surface area contributed by atoms with E-state index in [1.54, 1.807) is 6.20 Å². The summed E-state index contributed by atoms with van der Waals surface area (Å²) >= 11 is 0. The van der Waals surface area contributed by atoms with Gasteiger partial charge in [-0.25, -0.2) is 9.59 Å². The Morgan fingerprint density at radius 2 is 1.79 bits per heavy atom. The van der Waals surface area contributed by atoms with Crippen LogP contribution in [0.5, 0.6) is 0 Å². The number of nitrogens with one attached hydrogen (secondary N) is 4. The van der Waals surface area contributed by atoms with Crippen LogP contribution >= 0.6 is 0 Å². The lowest BCUT2D eigenvalue weighted by molar-refractivity contribution is -0.125. The fourth-order valence-electron chi connectivity index (χ4n) is 5.40. The minimum atomic E-state index is -0.821. The first-order chi connectivity index (χ1) is 22.7. The van der Waals surface area contributed by atoms with E-state index in [1.165, 1.54) is 30.1 Å². The van der Waals surface area contributed by atoms with Gasteiger partial charge in [0.2, 0.25) is 11.9 Å². The molecule has 0 radical (unpaired) electrons. The molecular weight excluding hydrogens is 616 g/mol. The molecule has 0 spiro atoms. The van der Waals surface area contributed by atoms with Crippen LogP contribution < -0.4 is 33.3 Å². The number of aromatic amines is 2. The third-order valence-corrected chi connectivity index (χ3v) is 7.77. The van der Waals surface area contributed by atoms with Gasteiger partial charge in [0.1, 0.15) is 11.7 Å². The monoisotopic (exact) mass is 654 g/mol. The molecule has 4 aromatic rings.